The minimum atomic E-state index is -6.09. The predicted octanol–water partition coefficient (Wildman–Crippen LogP) is 5.98. The Bertz CT molecular complexity index is 1340. The normalized spacial score (nSPS) is 13.5. The van der Waals surface area contributed by atoms with E-state index in [1.807, 2.05) is 0 Å². The lowest BCUT2D eigenvalue weighted by molar-refractivity contribution is -0.305. The summed E-state index contributed by atoms with van der Waals surface area (Å²) in [6, 6.07) is 9.24. The average molecular weight is 567 g/mol. The van der Waals surface area contributed by atoms with Crippen molar-refractivity contribution in [3.05, 3.63) is 65.4 Å². The zero-order valence-corrected chi connectivity index (χ0v) is 21.2. The van der Waals surface area contributed by atoms with Gasteiger partial charge in [0.2, 0.25) is 5.88 Å². The second-order valence-electron chi connectivity index (χ2n) is 8.18. The summed E-state index contributed by atoms with van der Waals surface area (Å²) < 4.78 is 123. The van der Waals surface area contributed by atoms with E-state index >= 15 is 0 Å². The van der Waals surface area contributed by atoms with Crippen LogP contribution in [-0.2, 0) is 19.5 Å². The van der Waals surface area contributed by atoms with Crippen LogP contribution in [0.3, 0.4) is 0 Å². The molecule has 0 spiro atoms. The van der Waals surface area contributed by atoms with E-state index in [1.54, 1.807) is 13.8 Å². The van der Waals surface area contributed by atoms with Crippen LogP contribution >= 0.6 is 0 Å². The Hall–Kier alpha value is -3.10. The molecule has 0 aliphatic rings. The van der Waals surface area contributed by atoms with Crippen LogP contribution in [0.5, 0.6) is 0 Å². The molecular formula is C24H24F6N2O5S. The van der Waals surface area contributed by atoms with Crippen molar-refractivity contribution in [1.82, 2.24) is 5.16 Å². The second-order valence-corrected chi connectivity index (χ2v) is 10.0. The van der Waals surface area contributed by atoms with Crippen LogP contribution in [0.25, 0.3) is 11.1 Å². The van der Waals surface area contributed by atoms with E-state index in [2.05, 4.69) is 5.16 Å². The van der Waals surface area contributed by atoms with Gasteiger partial charge in [0.15, 0.2) is 6.17 Å². The Morgan fingerprint density at radius 3 is 2.18 bits per heavy atom. The van der Waals surface area contributed by atoms with Crippen molar-refractivity contribution < 1.29 is 48.8 Å². The van der Waals surface area contributed by atoms with Gasteiger partial charge in [-0.05, 0) is 31.0 Å². The van der Waals surface area contributed by atoms with E-state index in [-0.39, 0.29) is 35.1 Å². The molecular weight excluding hydrogens is 542 g/mol. The highest BCUT2D eigenvalue weighted by molar-refractivity contribution is 7.93. The Balaban J connectivity index is 2.02. The van der Waals surface area contributed by atoms with Crippen molar-refractivity contribution in [2.24, 2.45) is 0 Å². The molecule has 1 heterocycles. The minimum absolute atomic E-state index is 0.0603. The Kier molecular flexibility index (Phi) is 8.79. The smallest absolute Gasteiger partial charge is 0.382 e. The molecule has 1 aromatic heterocycles. The third-order valence-electron chi connectivity index (χ3n) is 5.67. The lowest BCUT2D eigenvalue weighted by atomic mass is 9.99. The number of benzene rings is 2. The highest BCUT2D eigenvalue weighted by Gasteiger charge is 2.63. The number of hydrogen-bond donors (Lipinski definition) is 0. The molecule has 3 aromatic rings. The lowest BCUT2D eigenvalue weighted by Crippen LogP contribution is -2.40. The molecule has 0 amide bonds. The van der Waals surface area contributed by atoms with Gasteiger partial charge in [-0.2, -0.15) is 22.0 Å². The van der Waals surface area contributed by atoms with Gasteiger partial charge in [-0.3, -0.25) is 0 Å². The van der Waals surface area contributed by atoms with Crippen molar-refractivity contribution in [3.8, 4) is 11.1 Å². The summed E-state index contributed by atoms with van der Waals surface area (Å²) in [5, 5.41) is 3.79. The first kappa shape index (κ1) is 29.5. The Morgan fingerprint density at radius 2 is 1.63 bits per heavy atom. The maximum absolute atomic E-state index is 14.1. The minimum Gasteiger partial charge on any atom is -0.382 e. The summed E-state index contributed by atoms with van der Waals surface area (Å²) in [6.45, 7) is 3.01. The quantitative estimate of drug-likeness (QED) is 0.161. The van der Waals surface area contributed by atoms with Crippen LogP contribution in [0.1, 0.15) is 23.0 Å². The summed E-state index contributed by atoms with van der Waals surface area (Å²) in [6.07, 6.45) is -9.73. The number of ether oxygens (including phenoxy) is 2. The van der Waals surface area contributed by atoms with Crippen molar-refractivity contribution in [1.29, 1.82) is 0 Å². The molecule has 1 atom stereocenters. The topological polar surface area (TPSA) is 81.9 Å². The van der Waals surface area contributed by atoms with Gasteiger partial charge in [-0.1, -0.05) is 47.6 Å². The molecule has 0 aliphatic heterocycles. The molecule has 0 saturated carbocycles. The number of hydrogen-bond acceptors (Lipinski definition) is 6. The summed E-state index contributed by atoms with van der Waals surface area (Å²) in [5.74, 6) is -5.70. The maximum atomic E-state index is 14.1. The molecule has 208 valence electrons. The molecule has 14 heteroatoms. The number of methoxy groups -OCH3 is 1. The zero-order valence-electron chi connectivity index (χ0n) is 20.4. The summed E-state index contributed by atoms with van der Waals surface area (Å²) in [5.41, 5.74) is 0.161. The monoisotopic (exact) mass is 566 g/mol. The third-order valence-corrected chi connectivity index (χ3v) is 7.43. The molecule has 1 unspecified atom stereocenters. The van der Waals surface area contributed by atoms with Crippen LogP contribution in [0.15, 0.2) is 57.9 Å². The van der Waals surface area contributed by atoms with Crippen molar-refractivity contribution in [2.45, 2.75) is 37.0 Å². The number of aromatic nitrogens is 1. The van der Waals surface area contributed by atoms with E-state index < -0.39 is 40.6 Å². The zero-order chi connectivity index (χ0) is 28.3. The molecule has 0 radical (unpaired) electrons. The van der Waals surface area contributed by atoms with Gasteiger partial charge >= 0.3 is 12.1 Å². The van der Waals surface area contributed by atoms with Gasteiger partial charge in [0, 0.05) is 18.2 Å². The van der Waals surface area contributed by atoms with E-state index in [9.17, 15) is 34.8 Å². The van der Waals surface area contributed by atoms with Crippen molar-refractivity contribution >= 4 is 15.9 Å². The summed E-state index contributed by atoms with van der Waals surface area (Å²) >= 11 is 0. The highest BCUT2D eigenvalue weighted by atomic mass is 32.2. The Labute approximate surface area is 215 Å². The predicted molar refractivity (Wildman–Crippen MR) is 125 cm³/mol. The third kappa shape index (κ3) is 5.81. The van der Waals surface area contributed by atoms with Crippen LogP contribution < -0.4 is 4.31 Å². The first-order valence-electron chi connectivity index (χ1n) is 11.0. The number of anilines is 1. The lowest BCUT2D eigenvalue weighted by Gasteiger charge is -2.24. The SMILES string of the molecule is COCCOCN(c1onc(C)c1C)S(=O)(=O)c1ccccc1-c1ccc(C(F)C(F)(F)C(F)(F)F)cc1. The van der Waals surface area contributed by atoms with Crippen LogP contribution in [0.4, 0.5) is 32.2 Å². The van der Waals surface area contributed by atoms with Crippen LogP contribution in [-0.4, -0.2) is 52.7 Å². The maximum Gasteiger partial charge on any atom is 0.456 e. The molecule has 0 fully saturated rings. The van der Waals surface area contributed by atoms with E-state index in [0.717, 1.165) is 28.6 Å². The fourth-order valence-corrected chi connectivity index (χ4v) is 4.95. The van der Waals surface area contributed by atoms with Gasteiger partial charge in [0.1, 0.15) is 6.73 Å². The number of nitrogens with zero attached hydrogens (tertiary/aromatic N) is 2. The number of halogens is 6. The molecule has 38 heavy (non-hydrogen) atoms. The van der Waals surface area contributed by atoms with Gasteiger partial charge in [-0.15, -0.1) is 0 Å². The van der Waals surface area contributed by atoms with Crippen LogP contribution in [0, 0.1) is 13.8 Å². The molecule has 0 bridgehead atoms. The molecule has 7 nitrogen and oxygen atoms in total. The van der Waals surface area contributed by atoms with Gasteiger partial charge < -0.3 is 14.0 Å². The average Bonchev–Trinajstić information content (AvgIpc) is 3.20. The van der Waals surface area contributed by atoms with Crippen molar-refractivity contribution in [2.75, 3.05) is 31.4 Å². The standard InChI is InChI=1S/C24H24F6N2O5S/c1-15-16(2)31-37-22(15)32(14-36-13-12-35-3)38(33,34)20-7-5-4-6-19(20)17-8-10-18(11-9-17)21(25)23(26,27)24(28,29)30/h4-11,21H,12-14H2,1-3H3. The molecule has 3 rings (SSSR count). The van der Waals surface area contributed by atoms with E-state index in [0.29, 0.717) is 11.3 Å². The van der Waals surface area contributed by atoms with Gasteiger partial charge in [-0.25, -0.2) is 17.1 Å². The number of rotatable bonds is 11. The number of sulfonamides is 1. The van der Waals surface area contributed by atoms with E-state index in [4.69, 9.17) is 14.0 Å². The van der Waals surface area contributed by atoms with Gasteiger partial charge in [0.05, 0.1) is 23.8 Å². The van der Waals surface area contributed by atoms with Gasteiger partial charge in [0.25, 0.3) is 10.0 Å². The number of alkyl halides is 6. The second kappa shape index (κ2) is 11.3. The molecule has 2 aromatic carbocycles. The largest absolute Gasteiger partial charge is 0.456 e. The highest BCUT2D eigenvalue weighted by Crippen LogP contribution is 2.46. The van der Waals surface area contributed by atoms with Crippen molar-refractivity contribution in [3.63, 3.8) is 0 Å². The molecule has 0 aliphatic carbocycles. The summed E-state index contributed by atoms with van der Waals surface area (Å²) in [7, 11) is -2.96. The molecule has 0 N–H and O–H groups in total. The van der Waals surface area contributed by atoms with Crippen LogP contribution in [0.2, 0.25) is 0 Å². The first-order valence-corrected chi connectivity index (χ1v) is 12.5. The fourth-order valence-electron chi connectivity index (χ4n) is 3.40. The summed E-state index contributed by atoms with van der Waals surface area (Å²) in [4.78, 5) is -0.256. The fraction of sp³-hybridized carbons (Fsp3) is 0.375. The number of aryl methyl sites for hydroxylation is 1. The first-order chi connectivity index (χ1) is 17.7. The van der Waals surface area contributed by atoms with E-state index in [1.165, 1.54) is 31.4 Å². The molecule has 0 saturated heterocycles. The Morgan fingerprint density at radius 1 is 1.00 bits per heavy atom.